The molecule has 1 aromatic rings. The Kier molecular flexibility index (Phi) is 6.02. The molecule has 3 heteroatoms. The summed E-state index contributed by atoms with van der Waals surface area (Å²) in [5, 5.41) is 0. The lowest BCUT2D eigenvalue weighted by Gasteiger charge is -2.16. The van der Waals surface area contributed by atoms with E-state index in [4.69, 9.17) is 9.47 Å². The second kappa shape index (κ2) is 7.06. The van der Waals surface area contributed by atoms with Gasteiger partial charge in [0, 0.05) is 11.0 Å². The molecule has 1 unspecified atom stereocenters. The Morgan fingerprint density at radius 3 is 2.80 bits per heavy atom. The summed E-state index contributed by atoms with van der Waals surface area (Å²) < 4.78 is 11.9. The fraction of sp³-hybridized carbons (Fsp3) is 0.500. The van der Waals surface area contributed by atoms with Gasteiger partial charge in [-0.1, -0.05) is 41.6 Å². The average Bonchev–Trinajstić information content (AvgIpc) is 2.30. The van der Waals surface area contributed by atoms with Crippen molar-refractivity contribution >= 4 is 22.6 Å². The molecular weight excluding hydrogens is 303 g/mol. The highest BCUT2D eigenvalue weighted by Crippen LogP contribution is 2.23. The van der Waals surface area contributed by atoms with Gasteiger partial charge in [0.05, 0.1) is 13.2 Å². The molecule has 0 saturated carbocycles. The van der Waals surface area contributed by atoms with Crippen LogP contribution in [0.25, 0.3) is 0 Å². The zero-order valence-electron chi connectivity index (χ0n) is 9.20. The van der Waals surface area contributed by atoms with Gasteiger partial charge < -0.3 is 9.47 Å². The van der Waals surface area contributed by atoms with Gasteiger partial charge in [-0.15, -0.1) is 0 Å². The predicted octanol–water partition coefficient (Wildman–Crippen LogP) is 3.60. The Balaban J connectivity index is 2.72. The van der Waals surface area contributed by atoms with Crippen LogP contribution in [0.15, 0.2) is 24.3 Å². The number of methoxy groups -OCH3 is 1. The number of alkyl halides is 1. The minimum absolute atomic E-state index is 0.181. The number of halogens is 1. The van der Waals surface area contributed by atoms with Crippen molar-refractivity contribution in [3.8, 4) is 5.75 Å². The van der Waals surface area contributed by atoms with Crippen LogP contribution in [0.5, 0.6) is 5.75 Å². The lowest BCUT2D eigenvalue weighted by Crippen LogP contribution is -2.06. The van der Waals surface area contributed by atoms with E-state index in [9.17, 15) is 0 Å². The fourth-order valence-corrected chi connectivity index (χ4v) is 2.09. The Morgan fingerprint density at radius 2 is 2.20 bits per heavy atom. The Morgan fingerprint density at radius 1 is 1.40 bits per heavy atom. The highest BCUT2D eigenvalue weighted by molar-refractivity contribution is 14.1. The number of rotatable bonds is 6. The van der Waals surface area contributed by atoms with Crippen molar-refractivity contribution in [3.63, 3.8) is 0 Å². The van der Waals surface area contributed by atoms with Crippen LogP contribution >= 0.6 is 22.6 Å². The molecule has 0 radical (unpaired) electrons. The van der Waals surface area contributed by atoms with Crippen LogP contribution in [0.4, 0.5) is 0 Å². The number of ether oxygens (including phenoxy) is 2. The molecular formula is C12H17IO2. The smallest absolute Gasteiger partial charge is 0.119 e. The quantitative estimate of drug-likeness (QED) is 0.589. The van der Waals surface area contributed by atoms with E-state index in [0.717, 1.165) is 23.2 Å². The summed E-state index contributed by atoms with van der Waals surface area (Å²) in [7, 11) is 1.69. The Bertz CT molecular complexity index is 289. The molecule has 15 heavy (non-hydrogen) atoms. The second-order valence-electron chi connectivity index (χ2n) is 3.29. The molecule has 0 fully saturated rings. The summed E-state index contributed by atoms with van der Waals surface area (Å²) in [6.45, 7) is 2.93. The van der Waals surface area contributed by atoms with Crippen molar-refractivity contribution in [1.82, 2.24) is 0 Å². The van der Waals surface area contributed by atoms with E-state index in [0.29, 0.717) is 0 Å². The molecule has 84 valence electrons. The van der Waals surface area contributed by atoms with Crippen LogP contribution in [0.2, 0.25) is 0 Å². The van der Waals surface area contributed by atoms with Crippen LogP contribution in [-0.2, 0) is 4.74 Å². The van der Waals surface area contributed by atoms with Crippen LogP contribution in [0.1, 0.15) is 25.0 Å². The van der Waals surface area contributed by atoms with Gasteiger partial charge in [-0.05, 0) is 24.1 Å². The summed E-state index contributed by atoms with van der Waals surface area (Å²) in [5.41, 5.74) is 1.19. The van der Waals surface area contributed by atoms with Crippen molar-refractivity contribution in [2.75, 3.05) is 18.1 Å². The van der Waals surface area contributed by atoms with Crippen LogP contribution in [0, 0.1) is 0 Å². The van der Waals surface area contributed by atoms with Crippen molar-refractivity contribution in [2.24, 2.45) is 0 Å². The first kappa shape index (κ1) is 12.8. The highest BCUT2D eigenvalue weighted by Gasteiger charge is 2.10. The van der Waals surface area contributed by atoms with Crippen LogP contribution in [-0.4, -0.2) is 18.1 Å². The largest absolute Gasteiger partial charge is 0.497 e. The monoisotopic (exact) mass is 320 g/mol. The summed E-state index contributed by atoms with van der Waals surface area (Å²) in [6.07, 6.45) is 1.23. The van der Waals surface area contributed by atoms with E-state index in [1.807, 2.05) is 18.2 Å². The van der Waals surface area contributed by atoms with Gasteiger partial charge in [0.15, 0.2) is 0 Å². The van der Waals surface area contributed by atoms with Gasteiger partial charge in [-0.25, -0.2) is 0 Å². The van der Waals surface area contributed by atoms with Crippen molar-refractivity contribution in [2.45, 2.75) is 19.4 Å². The third-order valence-corrected chi connectivity index (χ3v) is 2.93. The maximum absolute atomic E-state index is 5.76. The van der Waals surface area contributed by atoms with E-state index in [1.165, 1.54) is 5.56 Å². The first-order valence-electron chi connectivity index (χ1n) is 5.13. The third kappa shape index (κ3) is 3.99. The molecule has 0 aliphatic carbocycles. The lowest BCUT2D eigenvalue weighted by molar-refractivity contribution is 0.0714. The number of benzene rings is 1. The van der Waals surface area contributed by atoms with Crippen molar-refractivity contribution in [1.29, 1.82) is 0 Å². The Labute approximate surface area is 105 Å². The molecule has 0 spiro atoms. The standard InChI is InChI=1S/C12H17IO2/c1-3-7-15-12(9-13)10-5-4-6-11(8-10)14-2/h4-6,8,12H,3,7,9H2,1-2H3. The summed E-state index contributed by atoms with van der Waals surface area (Å²) >= 11 is 2.35. The first-order valence-corrected chi connectivity index (χ1v) is 6.65. The molecule has 1 atom stereocenters. The van der Waals surface area contributed by atoms with Gasteiger partial charge in [0.1, 0.15) is 5.75 Å². The van der Waals surface area contributed by atoms with Gasteiger partial charge >= 0.3 is 0 Å². The van der Waals surface area contributed by atoms with Crippen molar-refractivity contribution < 1.29 is 9.47 Å². The Hall–Kier alpha value is -0.290. The van der Waals surface area contributed by atoms with Gasteiger partial charge in [-0.3, -0.25) is 0 Å². The molecule has 0 N–H and O–H groups in total. The van der Waals surface area contributed by atoms with E-state index in [2.05, 4.69) is 35.6 Å². The molecule has 0 amide bonds. The molecule has 0 bridgehead atoms. The van der Waals surface area contributed by atoms with Gasteiger partial charge in [-0.2, -0.15) is 0 Å². The summed E-state index contributed by atoms with van der Waals surface area (Å²) in [5.74, 6) is 0.891. The maximum atomic E-state index is 5.76. The summed E-state index contributed by atoms with van der Waals surface area (Å²) in [6, 6.07) is 8.08. The minimum atomic E-state index is 0.181. The molecule has 0 heterocycles. The normalized spacial score (nSPS) is 12.5. The third-order valence-electron chi connectivity index (χ3n) is 2.13. The summed E-state index contributed by atoms with van der Waals surface area (Å²) in [4.78, 5) is 0. The molecule has 0 aliphatic rings. The van der Waals surface area contributed by atoms with E-state index in [-0.39, 0.29) is 6.10 Å². The van der Waals surface area contributed by atoms with E-state index in [1.54, 1.807) is 7.11 Å². The molecule has 2 nitrogen and oxygen atoms in total. The van der Waals surface area contributed by atoms with E-state index < -0.39 is 0 Å². The predicted molar refractivity (Wildman–Crippen MR) is 70.9 cm³/mol. The number of hydrogen-bond acceptors (Lipinski definition) is 2. The SMILES string of the molecule is CCCOC(CI)c1cccc(OC)c1. The van der Waals surface area contributed by atoms with Crippen LogP contribution in [0.3, 0.4) is 0 Å². The molecule has 0 aromatic heterocycles. The lowest BCUT2D eigenvalue weighted by atomic mass is 10.1. The minimum Gasteiger partial charge on any atom is -0.497 e. The van der Waals surface area contributed by atoms with E-state index >= 15 is 0 Å². The van der Waals surface area contributed by atoms with Gasteiger partial charge in [0.25, 0.3) is 0 Å². The number of hydrogen-bond donors (Lipinski definition) is 0. The zero-order chi connectivity index (χ0) is 11.1. The first-order chi connectivity index (χ1) is 7.31. The van der Waals surface area contributed by atoms with Crippen LogP contribution < -0.4 is 4.74 Å². The maximum Gasteiger partial charge on any atom is 0.119 e. The average molecular weight is 320 g/mol. The second-order valence-corrected chi connectivity index (χ2v) is 4.17. The zero-order valence-corrected chi connectivity index (χ0v) is 11.4. The molecule has 0 aliphatic heterocycles. The van der Waals surface area contributed by atoms with Gasteiger partial charge in [0.2, 0.25) is 0 Å². The topological polar surface area (TPSA) is 18.5 Å². The fourth-order valence-electron chi connectivity index (χ4n) is 1.33. The highest BCUT2D eigenvalue weighted by atomic mass is 127. The molecule has 0 saturated heterocycles. The van der Waals surface area contributed by atoms with Crippen molar-refractivity contribution in [3.05, 3.63) is 29.8 Å². The molecule has 1 rings (SSSR count). The molecule has 1 aromatic carbocycles.